The van der Waals surface area contributed by atoms with Crippen molar-refractivity contribution in [2.24, 2.45) is 17.3 Å². The molecule has 3 N–H and O–H groups in total. The van der Waals surface area contributed by atoms with Gasteiger partial charge in [0.1, 0.15) is 0 Å². The molecule has 1 aromatic carbocycles. The third-order valence-corrected chi connectivity index (χ3v) is 6.98. The highest BCUT2D eigenvalue weighted by Crippen LogP contribution is 2.65. The van der Waals surface area contributed by atoms with Crippen LogP contribution in [-0.2, 0) is 5.41 Å². The zero-order chi connectivity index (χ0) is 14.0. The van der Waals surface area contributed by atoms with Crippen LogP contribution >= 0.6 is 23.2 Å². The van der Waals surface area contributed by atoms with Crippen LogP contribution in [0.2, 0.25) is 10.0 Å². The van der Waals surface area contributed by atoms with E-state index in [2.05, 4.69) is 17.9 Å². The molecular formula is C17H22Cl2N+. The molecule has 20 heavy (non-hydrogen) atoms. The Balaban J connectivity index is 1.78. The minimum absolute atomic E-state index is 0.357. The third kappa shape index (κ3) is 1.86. The minimum atomic E-state index is 0.357. The fourth-order valence-corrected chi connectivity index (χ4v) is 6.21. The molecule has 1 nitrogen and oxygen atoms in total. The molecule has 0 saturated heterocycles. The maximum Gasteiger partial charge on any atom is 0.0797 e. The van der Waals surface area contributed by atoms with Crippen molar-refractivity contribution < 1.29 is 5.73 Å². The Kier molecular flexibility index (Phi) is 2.94. The quantitative estimate of drug-likeness (QED) is 0.852. The summed E-state index contributed by atoms with van der Waals surface area (Å²) in [6, 6.07) is 6.33. The van der Waals surface area contributed by atoms with Crippen molar-refractivity contribution in [2.75, 3.05) is 6.54 Å². The number of rotatable bonds is 2. The van der Waals surface area contributed by atoms with E-state index in [-0.39, 0.29) is 0 Å². The predicted molar refractivity (Wildman–Crippen MR) is 83.0 cm³/mol. The molecule has 4 aliphatic rings. The van der Waals surface area contributed by atoms with Gasteiger partial charge < -0.3 is 5.73 Å². The minimum Gasteiger partial charge on any atom is -0.357 e. The molecule has 0 aromatic heterocycles. The van der Waals surface area contributed by atoms with Crippen molar-refractivity contribution >= 4 is 23.2 Å². The van der Waals surface area contributed by atoms with E-state index in [9.17, 15) is 0 Å². The first-order chi connectivity index (χ1) is 9.54. The van der Waals surface area contributed by atoms with E-state index in [1.54, 1.807) is 0 Å². The van der Waals surface area contributed by atoms with E-state index < -0.39 is 0 Å². The summed E-state index contributed by atoms with van der Waals surface area (Å²) in [6.07, 6.45) is 8.29. The maximum atomic E-state index is 6.28. The summed E-state index contributed by atoms with van der Waals surface area (Å²) in [6.45, 7) is 1.10. The second-order valence-corrected chi connectivity index (χ2v) is 8.43. The van der Waals surface area contributed by atoms with Crippen LogP contribution < -0.4 is 5.73 Å². The van der Waals surface area contributed by atoms with Crippen LogP contribution in [0, 0.1) is 17.3 Å². The van der Waals surface area contributed by atoms with Gasteiger partial charge in [0.2, 0.25) is 0 Å². The molecule has 2 unspecified atom stereocenters. The Morgan fingerprint density at radius 2 is 1.75 bits per heavy atom. The average Bonchev–Trinajstić information content (AvgIpc) is 2.40. The highest BCUT2D eigenvalue weighted by atomic mass is 35.5. The molecule has 4 fully saturated rings. The predicted octanol–water partition coefficient (Wildman–Crippen LogP) is 4.07. The Morgan fingerprint density at radius 1 is 1.05 bits per heavy atom. The first kappa shape index (κ1) is 13.4. The molecule has 0 spiro atoms. The first-order valence-electron chi connectivity index (χ1n) is 7.79. The summed E-state index contributed by atoms with van der Waals surface area (Å²) in [7, 11) is 0. The van der Waals surface area contributed by atoms with Crippen molar-refractivity contribution in [3.05, 3.63) is 33.8 Å². The van der Waals surface area contributed by atoms with Gasteiger partial charge >= 0.3 is 0 Å². The normalized spacial score (nSPS) is 42.1. The topological polar surface area (TPSA) is 27.6 Å². The largest absolute Gasteiger partial charge is 0.357 e. The molecule has 0 radical (unpaired) electrons. The van der Waals surface area contributed by atoms with E-state index in [0.717, 1.165) is 18.4 Å². The Morgan fingerprint density at radius 3 is 2.35 bits per heavy atom. The molecule has 5 rings (SSSR count). The van der Waals surface area contributed by atoms with Crippen molar-refractivity contribution in [1.82, 2.24) is 0 Å². The molecule has 0 aliphatic heterocycles. The number of benzene rings is 1. The molecule has 2 atom stereocenters. The van der Waals surface area contributed by atoms with Crippen LogP contribution in [0.3, 0.4) is 0 Å². The van der Waals surface area contributed by atoms with E-state index in [1.807, 2.05) is 6.07 Å². The first-order valence-corrected chi connectivity index (χ1v) is 8.55. The SMILES string of the molecule is [NH3+]CC12CC3CC(C1)CC(c1ccc(Cl)c(Cl)c1)(C3)C2. The lowest BCUT2D eigenvalue weighted by atomic mass is 9.43. The molecule has 4 aliphatic carbocycles. The molecule has 3 heteroatoms. The fraction of sp³-hybridized carbons (Fsp3) is 0.647. The molecular weight excluding hydrogens is 289 g/mol. The lowest BCUT2D eigenvalue weighted by Crippen LogP contribution is -2.65. The molecule has 4 saturated carbocycles. The van der Waals surface area contributed by atoms with Gasteiger partial charge in [-0.1, -0.05) is 29.3 Å². The van der Waals surface area contributed by atoms with Crippen molar-refractivity contribution in [1.29, 1.82) is 0 Å². The van der Waals surface area contributed by atoms with E-state index in [0.29, 0.717) is 20.9 Å². The second kappa shape index (κ2) is 4.38. The summed E-state index contributed by atoms with van der Waals surface area (Å²) in [5.41, 5.74) is 6.58. The van der Waals surface area contributed by atoms with Crippen LogP contribution in [0.1, 0.15) is 44.1 Å². The van der Waals surface area contributed by atoms with Crippen molar-refractivity contribution in [3.63, 3.8) is 0 Å². The number of hydrogen-bond donors (Lipinski definition) is 1. The van der Waals surface area contributed by atoms with Gasteiger partial charge in [-0.05, 0) is 73.5 Å². The lowest BCUT2D eigenvalue weighted by Gasteiger charge is -2.61. The van der Waals surface area contributed by atoms with Crippen molar-refractivity contribution in [3.8, 4) is 0 Å². The molecule has 0 amide bonds. The van der Waals surface area contributed by atoms with Gasteiger partial charge in [-0.25, -0.2) is 0 Å². The van der Waals surface area contributed by atoms with Crippen LogP contribution in [0.25, 0.3) is 0 Å². The van der Waals surface area contributed by atoms with Crippen LogP contribution in [0.4, 0.5) is 0 Å². The maximum absolute atomic E-state index is 6.28. The summed E-state index contributed by atoms with van der Waals surface area (Å²) in [5.74, 6) is 1.82. The zero-order valence-electron chi connectivity index (χ0n) is 11.8. The van der Waals surface area contributed by atoms with Crippen LogP contribution in [0.5, 0.6) is 0 Å². The summed E-state index contributed by atoms with van der Waals surface area (Å²) < 4.78 is 0. The smallest absolute Gasteiger partial charge is 0.0797 e. The molecule has 0 heterocycles. The number of quaternary nitrogens is 1. The van der Waals surface area contributed by atoms with Gasteiger partial charge in [-0.2, -0.15) is 0 Å². The van der Waals surface area contributed by atoms with Gasteiger partial charge in [0.25, 0.3) is 0 Å². The highest BCUT2D eigenvalue weighted by Gasteiger charge is 2.58. The van der Waals surface area contributed by atoms with Gasteiger partial charge in [0, 0.05) is 5.41 Å². The van der Waals surface area contributed by atoms with E-state index in [1.165, 1.54) is 44.1 Å². The zero-order valence-corrected chi connectivity index (χ0v) is 13.3. The highest BCUT2D eigenvalue weighted by molar-refractivity contribution is 6.42. The number of halogens is 2. The summed E-state index contributed by atoms with van der Waals surface area (Å²) in [5, 5.41) is 1.38. The molecule has 108 valence electrons. The van der Waals surface area contributed by atoms with E-state index in [4.69, 9.17) is 23.2 Å². The molecule has 4 bridgehead atoms. The van der Waals surface area contributed by atoms with Gasteiger partial charge in [0.05, 0.1) is 16.6 Å². The van der Waals surface area contributed by atoms with Gasteiger partial charge in [-0.15, -0.1) is 0 Å². The standard InChI is InChI=1S/C17H21Cl2N/c18-14-2-1-13(4-15(14)19)17-7-11-3-12(8-17)6-16(5-11,9-17)10-20/h1-2,4,11-12H,3,5-10,20H2/p+1. The third-order valence-electron chi connectivity index (χ3n) is 6.24. The Labute approximate surface area is 130 Å². The Hall–Kier alpha value is -0.240. The van der Waals surface area contributed by atoms with Crippen LogP contribution in [0.15, 0.2) is 18.2 Å². The fourth-order valence-electron chi connectivity index (χ4n) is 5.91. The number of hydrogen-bond acceptors (Lipinski definition) is 0. The van der Waals surface area contributed by atoms with Gasteiger partial charge in [0.15, 0.2) is 0 Å². The van der Waals surface area contributed by atoms with Crippen molar-refractivity contribution in [2.45, 2.75) is 43.9 Å². The lowest BCUT2D eigenvalue weighted by molar-refractivity contribution is -0.403. The Bertz CT molecular complexity index is 540. The summed E-state index contributed by atoms with van der Waals surface area (Å²) >= 11 is 12.4. The summed E-state index contributed by atoms with van der Waals surface area (Å²) in [4.78, 5) is 0. The average molecular weight is 311 g/mol. The monoisotopic (exact) mass is 310 g/mol. The van der Waals surface area contributed by atoms with E-state index >= 15 is 0 Å². The second-order valence-electron chi connectivity index (χ2n) is 7.62. The van der Waals surface area contributed by atoms with Gasteiger partial charge in [-0.3, -0.25) is 0 Å². The van der Waals surface area contributed by atoms with Crippen LogP contribution in [-0.4, -0.2) is 6.54 Å². The molecule has 1 aromatic rings.